The second kappa shape index (κ2) is 8.39. The largest absolute Gasteiger partial charge is 0.361 e. The highest BCUT2D eigenvalue weighted by atomic mass is 16.6. The number of rotatable bonds is 9. The minimum atomic E-state index is -0.453. The molecule has 0 saturated heterocycles. The summed E-state index contributed by atoms with van der Waals surface area (Å²) < 4.78 is 0. The van der Waals surface area contributed by atoms with Crippen molar-refractivity contribution in [2.75, 3.05) is 17.2 Å². The first kappa shape index (κ1) is 17.1. The molecule has 7 nitrogen and oxygen atoms in total. The van der Waals surface area contributed by atoms with E-state index >= 15 is 0 Å². The Balaban J connectivity index is 2.97. The minimum Gasteiger partial charge on any atom is -0.361 e. The monoisotopic (exact) mass is 295 g/mol. The van der Waals surface area contributed by atoms with Gasteiger partial charge < -0.3 is 10.6 Å². The molecular formula is C14H25N5O2. The molecule has 21 heavy (non-hydrogen) atoms. The van der Waals surface area contributed by atoms with Gasteiger partial charge in [0.25, 0.3) is 0 Å². The maximum Gasteiger partial charge on any atom is 0.329 e. The summed E-state index contributed by atoms with van der Waals surface area (Å²) in [7, 11) is 0. The predicted octanol–water partition coefficient (Wildman–Crippen LogP) is 3.44. The molecule has 1 atom stereocenters. The lowest BCUT2D eigenvalue weighted by Crippen LogP contribution is -2.26. The van der Waals surface area contributed by atoms with Gasteiger partial charge in [0.15, 0.2) is 0 Å². The summed E-state index contributed by atoms with van der Waals surface area (Å²) in [6, 6.07) is 0.118. The van der Waals surface area contributed by atoms with Crippen LogP contribution in [0, 0.1) is 16.0 Å². The number of anilines is 2. The quantitative estimate of drug-likeness (QED) is 0.535. The Labute approximate surface area is 125 Å². The van der Waals surface area contributed by atoms with Gasteiger partial charge in [0, 0.05) is 12.6 Å². The fourth-order valence-corrected chi connectivity index (χ4v) is 2.27. The molecule has 1 aromatic rings. The van der Waals surface area contributed by atoms with Crippen LogP contribution in [0.2, 0.25) is 0 Å². The molecule has 2 N–H and O–H groups in total. The van der Waals surface area contributed by atoms with Gasteiger partial charge in [-0.15, -0.1) is 0 Å². The van der Waals surface area contributed by atoms with Crippen LogP contribution in [-0.2, 0) is 0 Å². The molecule has 0 saturated carbocycles. The van der Waals surface area contributed by atoms with E-state index in [4.69, 9.17) is 0 Å². The smallest absolute Gasteiger partial charge is 0.329 e. The van der Waals surface area contributed by atoms with E-state index in [-0.39, 0.29) is 17.5 Å². The van der Waals surface area contributed by atoms with E-state index in [1.165, 1.54) is 6.20 Å². The minimum absolute atomic E-state index is 0.0881. The molecule has 0 fully saturated rings. The van der Waals surface area contributed by atoms with Gasteiger partial charge in [-0.3, -0.25) is 10.1 Å². The van der Waals surface area contributed by atoms with E-state index in [0.29, 0.717) is 11.9 Å². The topological polar surface area (TPSA) is 93.0 Å². The third kappa shape index (κ3) is 4.84. The van der Waals surface area contributed by atoms with Crippen LogP contribution in [0.5, 0.6) is 0 Å². The lowest BCUT2D eigenvalue weighted by molar-refractivity contribution is -0.384. The Morgan fingerprint density at radius 1 is 1.33 bits per heavy atom. The van der Waals surface area contributed by atoms with Crippen molar-refractivity contribution < 1.29 is 4.92 Å². The van der Waals surface area contributed by atoms with E-state index in [9.17, 15) is 10.1 Å². The molecule has 0 amide bonds. The number of nitrogens with zero attached hydrogens (tertiary/aromatic N) is 3. The normalized spacial score (nSPS) is 12.2. The van der Waals surface area contributed by atoms with Gasteiger partial charge >= 0.3 is 5.69 Å². The number of hydrogen-bond acceptors (Lipinski definition) is 6. The van der Waals surface area contributed by atoms with Crippen molar-refractivity contribution in [2.24, 2.45) is 5.92 Å². The van der Waals surface area contributed by atoms with E-state index in [0.717, 1.165) is 25.8 Å². The molecule has 118 valence electrons. The first-order valence-corrected chi connectivity index (χ1v) is 7.55. The van der Waals surface area contributed by atoms with Crippen LogP contribution < -0.4 is 10.6 Å². The fourth-order valence-electron chi connectivity index (χ4n) is 2.27. The van der Waals surface area contributed by atoms with Crippen molar-refractivity contribution >= 4 is 17.5 Å². The first-order chi connectivity index (χ1) is 10.0. The van der Waals surface area contributed by atoms with Crippen molar-refractivity contribution in [1.29, 1.82) is 0 Å². The molecule has 1 heterocycles. The van der Waals surface area contributed by atoms with Gasteiger partial charge in [0.2, 0.25) is 11.8 Å². The zero-order valence-corrected chi connectivity index (χ0v) is 13.2. The Bertz CT molecular complexity index is 463. The SMILES string of the molecule is CCCNc1ncc([N+](=O)[O-])c(NC(C)C(CC)CC)n1. The molecule has 0 aromatic carbocycles. The van der Waals surface area contributed by atoms with Crippen LogP contribution in [0.25, 0.3) is 0 Å². The molecule has 0 bridgehead atoms. The maximum atomic E-state index is 11.1. The zero-order valence-electron chi connectivity index (χ0n) is 13.2. The summed E-state index contributed by atoms with van der Waals surface area (Å²) in [6.07, 6.45) is 4.23. The number of nitro groups is 1. The predicted molar refractivity (Wildman–Crippen MR) is 84.6 cm³/mol. The summed E-state index contributed by atoms with van der Waals surface area (Å²) in [5, 5.41) is 17.3. The van der Waals surface area contributed by atoms with Gasteiger partial charge in [-0.05, 0) is 19.3 Å². The van der Waals surface area contributed by atoms with E-state index in [2.05, 4.69) is 34.4 Å². The Kier molecular flexibility index (Phi) is 6.84. The Morgan fingerprint density at radius 3 is 2.52 bits per heavy atom. The number of aromatic nitrogens is 2. The highest BCUT2D eigenvalue weighted by molar-refractivity contribution is 5.57. The second-order valence-electron chi connectivity index (χ2n) is 5.12. The molecule has 0 aliphatic carbocycles. The van der Waals surface area contributed by atoms with Crippen LogP contribution in [0.1, 0.15) is 47.0 Å². The van der Waals surface area contributed by atoms with Gasteiger partial charge in [0.05, 0.1) is 4.92 Å². The van der Waals surface area contributed by atoms with Gasteiger partial charge in [-0.2, -0.15) is 4.98 Å². The fraction of sp³-hybridized carbons (Fsp3) is 0.714. The standard InChI is InChI=1S/C14H25N5O2/c1-5-8-15-14-16-9-12(19(20)21)13(18-14)17-10(4)11(6-2)7-3/h9-11H,5-8H2,1-4H3,(H2,15,16,17,18). The lowest BCUT2D eigenvalue weighted by atomic mass is 9.95. The van der Waals surface area contributed by atoms with Crippen LogP contribution in [0.3, 0.4) is 0 Å². The molecule has 0 aliphatic rings. The van der Waals surface area contributed by atoms with Crippen LogP contribution in [0.15, 0.2) is 6.20 Å². The van der Waals surface area contributed by atoms with E-state index in [1.54, 1.807) is 0 Å². The van der Waals surface area contributed by atoms with Crippen LogP contribution in [-0.4, -0.2) is 27.5 Å². The summed E-state index contributed by atoms with van der Waals surface area (Å²) in [4.78, 5) is 18.9. The molecule has 0 aliphatic heterocycles. The Morgan fingerprint density at radius 2 is 2.00 bits per heavy atom. The average Bonchev–Trinajstić information content (AvgIpc) is 2.46. The second-order valence-corrected chi connectivity index (χ2v) is 5.12. The third-order valence-electron chi connectivity index (χ3n) is 3.62. The Hall–Kier alpha value is -1.92. The van der Waals surface area contributed by atoms with Crippen molar-refractivity contribution in [2.45, 2.75) is 53.0 Å². The molecule has 0 radical (unpaired) electrons. The summed E-state index contributed by atoms with van der Waals surface area (Å²) >= 11 is 0. The lowest BCUT2D eigenvalue weighted by Gasteiger charge is -2.22. The van der Waals surface area contributed by atoms with E-state index < -0.39 is 4.92 Å². The molecule has 1 unspecified atom stereocenters. The zero-order chi connectivity index (χ0) is 15.8. The summed E-state index contributed by atoms with van der Waals surface area (Å²) in [5.41, 5.74) is -0.0881. The number of hydrogen-bond donors (Lipinski definition) is 2. The van der Waals surface area contributed by atoms with Gasteiger partial charge in [-0.1, -0.05) is 33.6 Å². The molecular weight excluding hydrogens is 270 g/mol. The van der Waals surface area contributed by atoms with E-state index in [1.807, 2.05) is 13.8 Å². The van der Waals surface area contributed by atoms with Crippen LogP contribution in [0.4, 0.5) is 17.5 Å². The highest BCUT2D eigenvalue weighted by Crippen LogP contribution is 2.25. The molecule has 1 aromatic heterocycles. The molecule has 0 spiro atoms. The van der Waals surface area contributed by atoms with Gasteiger partial charge in [-0.25, -0.2) is 4.98 Å². The highest BCUT2D eigenvalue weighted by Gasteiger charge is 2.21. The third-order valence-corrected chi connectivity index (χ3v) is 3.62. The summed E-state index contributed by atoms with van der Waals surface area (Å²) in [6.45, 7) is 9.04. The average molecular weight is 295 g/mol. The van der Waals surface area contributed by atoms with Crippen molar-refractivity contribution in [3.05, 3.63) is 16.3 Å². The van der Waals surface area contributed by atoms with Crippen LogP contribution >= 0.6 is 0 Å². The van der Waals surface area contributed by atoms with Crippen molar-refractivity contribution in [3.63, 3.8) is 0 Å². The molecule has 7 heteroatoms. The van der Waals surface area contributed by atoms with Crippen molar-refractivity contribution in [3.8, 4) is 0 Å². The van der Waals surface area contributed by atoms with Crippen molar-refractivity contribution in [1.82, 2.24) is 9.97 Å². The first-order valence-electron chi connectivity index (χ1n) is 7.55. The summed E-state index contributed by atoms with van der Waals surface area (Å²) in [5.74, 6) is 1.15. The maximum absolute atomic E-state index is 11.1. The molecule has 1 rings (SSSR count). The number of nitrogens with one attached hydrogen (secondary N) is 2. The van der Waals surface area contributed by atoms with Gasteiger partial charge in [0.1, 0.15) is 6.20 Å².